The van der Waals surface area contributed by atoms with Crippen molar-refractivity contribution in [2.75, 3.05) is 39.6 Å². The molecule has 3 N–H and O–H groups in total. The second-order valence-electron chi connectivity index (χ2n) is 29.4. The van der Waals surface area contributed by atoms with Gasteiger partial charge in [-0.1, -0.05) is 363 Å². The monoisotopic (exact) mass is 1440 g/mol. The number of rotatable bonds is 78. The summed E-state index contributed by atoms with van der Waals surface area (Å²) in [5, 5.41) is 10.6. The molecule has 17 nitrogen and oxygen atoms in total. The van der Waals surface area contributed by atoms with Crippen molar-refractivity contribution in [2.24, 2.45) is 11.8 Å². The number of hydrogen-bond acceptors (Lipinski definition) is 15. The van der Waals surface area contributed by atoms with Crippen LogP contribution in [-0.2, 0) is 65.4 Å². The van der Waals surface area contributed by atoms with E-state index in [1.807, 2.05) is 0 Å². The van der Waals surface area contributed by atoms with Crippen LogP contribution in [0.1, 0.15) is 414 Å². The zero-order valence-electron chi connectivity index (χ0n) is 64.1. The first kappa shape index (κ1) is 96.1. The fourth-order valence-electron chi connectivity index (χ4n) is 12.2. The topological polar surface area (TPSA) is 237 Å². The minimum absolute atomic E-state index is 0.107. The van der Waals surface area contributed by atoms with Gasteiger partial charge in [0.05, 0.1) is 26.4 Å². The van der Waals surface area contributed by atoms with Gasteiger partial charge in [0.1, 0.15) is 19.3 Å². The first-order chi connectivity index (χ1) is 47.4. The smallest absolute Gasteiger partial charge is 0.462 e. The van der Waals surface area contributed by atoms with Crippen LogP contribution in [0.25, 0.3) is 0 Å². The molecule has 0 aliphatic heterocycles. The van der Waals surface area contributed by atoms with Crippen molar-refractivity contribution in [3.63, 3.8) is 0 Å². The van der Waals surface area contributed by atoms with Gasteiger partial charge >= 0.3 is 39.5 Å². The van der Waals surface area contributed by atoms with Crippen LogP contribution in [0.2, 0.25) is 0 Å². The van der Waals surface area contributed by atoms with Gasteiger partial charge in [0.15, 0.2) is 12.2 Å². The van der Waals surface area contributed by atoms with Crippen LogP contribution in [0.5, 0.6) is 0 Å². The van der Waals surface area contributed by atoms with E-state index in [1.165, 1.54) is 231 Å². The zero-order chi connectivity index (χ0) is 72.1. The van der Waals surface area contributed by atoms with Crippen LogP contribution in [0.4, 0.5) is 0 Å². The quantitative estimate of drug-likeness (QED) is 0.0222. The Morgan fingerprint density at radius 2 is 0.469 bits per heavy atom. The average Bonchev–Trinajstić information content (AvgIpc) is 1.02. The third kappa shape index (κ3) is 72.4. The van der Waals surface area contributed by atoms with Crippen LogP contribution in [0.3, 0.4) is 0 Å². The Hall–Kier alpha value is -1.94. The molecule has 0 aromatic carbocycles. The van der Waals surface area contributed by atoms with Crippen molar-refractivity contribution in [1.82, 2.24) is 0 Å². The summed E-state index contributed by atoms with van der Waals surface area (Å²) >= 11 is 0. The molecule has 0 fully saturated rings. The molecular formula is C79H154O17P2. The van der Waals surface area contributed by atoms with Crippen molar-refractivity contribution < 1.29 is 80.2 Å². The maximum Gasteiger partial charge on any atom is 0.472 e. The molecule has 0 saturated heterocycles. The third-order valence-corrected chi connectivity index (χ3v) is 20.4. The molecule has 98 heavy (non-hydrogen) atoms. The maximum absolute atomic E-state index is 13.1. The number of carbonyl (C=O) groups excluding carboxylic acids is 4. The molecule has 0 amide bonds. The van der Waals surface area contributed by atoms with Crippen LogP contribution in [-0.4, -0.2) is 96.7 Å². The lowest BCUT2D eigenvalue weighted by molar-refractivity contribution is -0.161. The minimum Gasteiger partial charge on any atom is -0.462 e. The van der Waals surface area contributed by atoms with Gasteiger partial charge in [-0.25, -0.2) is 9.13 Å². The summed E-state index contributed by atoms with van der Waals surface area (Å²) in [5.41, 5.74) is 0. The van der Waals surface area contributed by atoms with Gasteiger partial charge in [0.25, 0.3) is 0 Å². The molecule has 0 aromatic heterocycles. The summed E-state index contributed by atoms with van der Waals surface area (Å²) in [6.07, 6.45) is 59.6. The normalized spacial score (nSPS) is 13.9. The molecule has 2 unspecified atom stereocenters. The number of unbranched alkanes of at least 4 members (excludes halogenated alkanes) is 48. The second kappa shape index (κ2) is 70.7. The summed E-state index contributed by atoms with van der Waals surface area (Å²) in [7, 11) is -9.91. The highest BCUT2D eigenvalue weighted by Crippen LogP contribution is 2.45. The lowest BCUT2D eigenvalue weighted by atomic mass is 10.0. The Kier molecular flexibility index (Phi) is 69.3. The molecule has 0 aliphatic rings. The molecule has 0 spiro atoms. The summed E-state index contributed by atoms with van der Waals surface area (Å²) in [5.74, 6) is -0.508. The molecule has 0 rings (SSSR count). The largest absolute Gasteiger partial charge is 0.472 e. The summed E-state index contributed by atoms with van der Waals surface area (Å²) in [6, 6.07) is 0. The molecule has 19 heteroatoms. The first-order valence-electron chi connectivity index (χ1n) is 41.0. The van der Waals surface area contributed by atoms with E-state index in [-0.39, 0.29) is 25.7 Å². The predicted molar refractivity (Wildman–Crippen MR) is 400 cm³/mol. The molecular weight excluding hydrogens is 1280 g/mol. The van der Waals surface area contributed by atoms with E-state index in [0.29, 0.717) is 25.7 Å². The van der Waals surface area contributed by atoms with Crippen LogP contribution < -0.4 is 0 Å². The van der Waals surface area contributed by atoms with E-state index >= 15 is 0 Å². The van der Waals surface area contributed by atoms with Crippen LogP contribution in [0, 0.1) is 11.8 Å². The van der Waals surface area contributed by atoms with Crippen molar-refractivity contribution in [2.45, 2.75) is 432 Å². The van der Waals surface area contributed by atoms with Crippen molar-refractivity contribution in [3.8, 4) is 0 Å². The molecule has 0 saturated carbocycles. The van der Waals surface area contributed by atoms with E-state index in [9.17, 15) is 43.2 Å². The number of carbonyl (C=O) groups is 4. The average molecular weight is 1440 g/mol. The Balaban J connectivity index is 5.21. The SMILES string of the molecule is CCCCCCCCCCCCCC(=O)OC[C@H](COP(=O)(O)OC[C@H](O)COP(=O)(O)OC[C@@H](COC(=O)CCCCCCCCCCCCCCC(C)C)OC(=O)CCCCCCCCCCCCCCCCCCCCC(C)C)OC(=O)CCCCCCCCCCCCC. The van der Waals surface area contributed by atoms with E-state index < -0.39 is 97.5 Å². The lowest BCUT2D eigenvalue weighted by Gasteiger charge is -2.21. The fraction of sp³-hybridized carbons (Fsp3) is 0.949. The second-order valence-corrected chi connectivity index (χ2v) is 32.3. The van der Waals surface area contributed by atoms with Gasteiger partial charge < -0.3 is 33.8 Å². The number of ether oxygens (including phenoxy) is 4. The Bertz CT molecular complexity index is 1890. The first-order valence-corrected chi connectivity index (χ1v) is 44.0. The predicted octanol–water partition coefficient (Wildman–Crippen LogP) is 23.5. The van der Waals surface area contributed by atoms with E-state index in [2.05, 4.69) is 41.5 Å². The molecule has 582 valence electrons. The number of phosphoric acid groups is 2. The van der Waals surface area contributed by atoms with E-state index in [4.69, 9.17) is 37.0 Å². The third-order valence-electron chi connectivity index (χ3n) is 18.5. The highest BCUT2D eigenvalue weighted by molar-refractivity contribution is 7.47. The zero-order valence-corrected chi connectivity index (χ0v) is 65.9. The lowest BCUT2D eigenvalue weighted by Crippen LogP contribution is -2.30. The van der Waals surface area contributed by atoms with Crippen LogP contribution >= 0.6 is 15.6 Å². The maximum atomic E-state index is 13.1. The summed E-state index contributed by atoms with van der Waals surface area (Å²) < 4.78 is 68.6. The highest BCUT2D eigenvalue weighted by atomic mass is 31.2. The molecule has 0 heterocycles. The van der Waals surface area contributed by atoms with Crippen molar-refractivity contribution in [1.29, 1.82) is 0 Å². The molecule has 0 aliphatic carbocycles. The number of aliphatic hydroxyl groups excluding tert-OH is 1. The molecule has 5 atom stereocenters. The summed E-state index contributed by atoms with van der Waals surface area (Å²) in [4.78, 5) is 72.9. The number of aliphatic hydroxyl groups is 1. The highest BCUT2D eigenvalue weighted by Gasteiger charge is 2.30. The number of phosphoric ester groups is 2. The van der Waals surface area contributed by atoms with Gasteiger partial charge in [-0.3, -0.25) is 37.3 Å². The van der Waals surface area contributed by atoms with Gasteiger partial charge in [-0.15, -0.1) is 0 Å². The Morgan fingerprint density at radius 1 is 0.276 bits per heavy atom. The number of esters is 4. The van der Waals surface area contributed by atoms with E-state index in [0.717, 1.165) is 102 Å². The minimum atomic E-state index is -4.96. The van der Waals surface area contributed by atoms with Gasteiger partial charge in [0.2, 0.25) is 0 Å². The summed E-state index contributed by atoms with van der Waals surface area (Å²) in [6.45, 7) is 9.66. The van der Waals surface area contributed by atoms with Gasteiger partial charge in [0, 0.05) is 25.7 Å². The molecule has 0 radical (unpaired) electrons. The Morgan fingerprint density at radius 3 is 0.694 bits per heavy atom. The molecule has 0 aromatic rings. The molecule has 0 bridgehead atoms. The van der Waals surface area contributed by atoms with Crippen molar-refractivity contribution >= 4 is 39.5 Å². The van der Waals surface area contributed by atoms with Crippen molar-refractivity contribution in [3.05, 3.63) is 0 Å². The van der Waals surface area contributed by atoms with Crippen LogP contribution in [0.15, 0.2) is 0 Å². The fourth-order valence-corrected chi connectivity index (χ4v) is 13.8. The standard InChI is InChI=1S/C79H154O17P2/c1-7-9-11-13-15-17-29-37-43-49-55-61-76(81)89-67-74(95-78(83)63-57-51-45-39-30-18-16-14-12-10-8-2)69-93-97(85,86)91-65-73(80)66-92-98(87,88)94-70-75(68-90-77(82)62-56-50-44-38-33-28-27-32-36-42-48-54-60-72(5)6)96-79(84)64-58-52-46-40-34-26-24-22-20-19-21-23-25-31-35-41-47-53-59-71(3)4/h71-75,80H,7-70H2,1-6H3,(H,85,86)(H,87,88)/t73-,74+,75+/m0/s1. The van der Waals surface area contributed by atoms with E-state index in [1.54, 1.807) is 0 Å². The van der Waals surface area contributed by atoms with Gasteiger partial charge in [-0.05, 0) is 37.5 Å². The van der Waals surface area contributed by atoms with Gasteiger partial charge in [-0.2, -0.15) is 0 Å². The Labute approximate surface area is 600 Å². The number of hydrogen-bond donors (Lipinski definition) is 3.